The number of fused-ring (bicyclic) bond motifs is 2. The minimum atomic E-state index is -0.944. The number of nitrogens with two attached hydrogens (primary N) is 1. The molecule has 0 unspecified atom stereocenters. The average Bonchev–Trinajstić information content (AvgIpc) is 2.76. The van der Waals surface area contributed by atoms with Crippen molar-refractivity contribution in [1.82, 2.24) is 15.0 Å². The van der Waals surface area contributed by atoms with E-state index in [1.165, 1.54) is 6.33 Å². The highest BCUT2D eigenvalue weighted by Crippen LogP contribution is 2.41. The van der Waals surface area contributed by atoms with Crippen LogP contribution < -0.4 is 15.4 Å². The third kappa shape index (κ3) is 3.27. The summed E-state index contributed by atoms with van der Waals surface area (Å²) in [5, 5.41) is 0.704. The van der Waals surface area contributed by atoms with Crippen molar-refractivity contribution in [3.05, 3.63) is 59.3 Å². The Morgan fingerprint density at radius 1 is 1.06 bits per heavy atom. The fourth-order valence-corrected chi connectivity index (χ4v) is 4.38. The number of carbonyl (C=O) groups excluding carboxylic acids is 1. The van der Waals surface area contributed by atoms with Crippen LogP contribution in [0.3, 0.4) is 0 Å². The van der Waals surface area contributed by atoms with Gasteiger partial charge in [-0.25, -0.2) is 15.0 Å². The van der Waals surface area contributed by atoms with Crippen LogP contribution in [-0.4, -0.2) is 33.5 Å². The van der Waals surface area contributed by atoms with E-state index in [0.29, 0.717) is 28.3 Å². The van der Waals surface area contributed by atoms with Crippen molar-refractivity contribution in [2.75, 3.05) is 17.7 Å². The van der Waals surface area contributed by atoms with Gasteiger partial charge in [0.25, 0.3) is 5.91 Å². The summed E-state index contributed by atoms with van der Waals surface area (Å²) in [5.41, 5.74) is 9.91. The quantitative estimate of drug-likeness (QED) is 0.432. The summed E-state index contributed by atoms with van der Waals surface area (Å²) in [4.78, 5) is 27.4. The fourth-order valence-electron chi connectivity index (χ4n) is 3.98. The van der Waals surface area contributed by atoms with E-state index in [9.17, 15) is 4.79 Å². The van der Waals surface area contributed by atoms with Gasteiger partial charge in [-0.1, -0.05) is 34.1 Å². The summed E-state index contributed by atoms with van der Waals surface area (Å²) in [6.07, 6.45) is 1.41. The van der Waals surface area contributed by atoms with Gasteiger partial charge >= 0.3 is 0 Å². The van der Waals surface area contributed by atoms with E-state index in [1.54, 1.807) is 25.8 Å². The summed E-state index contributed by atoms with van der Waals surface area (Å²) < 4.78 is 6.98. The van der Waals surface area contributed by atoms with Crippen molar-refractivity contribution in [3.63, 3.8) is 0 Å². The summed E-state index contributed by atoms with van der Waals surface area (Å²) >= 11 is 3.54. The summed E-state index contributed by atoms with van der Waals surface area (Å²) in [7, 11) is 1.75. The maximum atomic E-state index is 12.5. The molecule has 32 heavy (non-hydrogen) atoms. The number of rotatable bonds is 2. The second-order valence-electron chi connectivity index (χ2n) is 8.18. The Labute approximate surface area is 193 Å². The first-order valence-corrected chi connectivity index (χ1v) is 10.8. The van der Waals surface area contributed by atoms with Crippen LogP contribution in [0.25, 0.3) is 33.4 Å². The molecule has 1 aliphatic rings. The van der Waals surface area contributed by atoms with Crippen molar-refractivity contribution in [2.24, 2.45) is 0 Å². The zero-order valence-electron chi connectivity index (χ0n) is 17.8. The van der Waals surface area contributed by atoms with Gasteiger partial charge in [0.1, 0.15) is 17.9 Å². The zero-order valence-corrected chi connectivity index (χ0v) is 19.3. The predicted molar refractivity (Wildman–Crippen MR) is 128 cm³/mol. The van der Waals surface area contributed by atoms with Gasteiger partial charge < -0.3 is 15.4 Å². The molecule has 0 bridgehead atoms. The lowest BCUT2D eigenvalue weighted by Gasteiger charge is -2.37. The van der Waals surface area contributed by atoms with E-state index in [4.69, 9.17) is 15.5 Å². The number of pyridine rings is 1. The van der Waals surface area contributed by atoms with Crippen molar-refractivity contribution in [2.45, 2.75) is 19.4 Å². The molecule has 0 saturated heterocycles. The normalized spacial score (nSPS) is 14.9. The summed E-state index contributed by atoms with van der Waals surface area (Å²) in [6.45, 7) is 3.53. The lowest BCUT2D eigenvalue weighted by Crippen LogP contribution is -2.50. The van der Waals surface area contributed by atoms with E-state index in [1.807, 2.05) is 48.5 Å². The molecule has 5 rings (SSSR count). The number of anilines is 2. The Balaban J connectivity index is 1.72. The minimum Gasteiger partial charge on any atom is -0.476 e. The van der Waals surface area contributed by atoms with Crippen LogP contribution in [0.2, 0.25) is 0 Å². The molecule has 160 valence electrons. The predicted octanol–water partition coefficient (Wildman–Crippen LogP) is 4.84. The smallest absolute Gasteiger partial charge is 0.270 e. The molecule has 0 atom stereocenters. The maximum Gasteiger partial charge on any atom is 0.270 e. The molecule has 2 aromatic carbocycles. The van der Waals surface area contributed by atoms with Gasteiger partial charge in [0.05, 0.1) is 16.8 Å². The van der Waals surface area contributed by atoms with Crippen LogP contribution >= 0.6 is 15.9 Å². The molecule has 2 N–H and O–H groups in total. The van der Waals surface area contributed by atoms with Crippen LogP contribution in [-0.2, 0) is 4.79 Å². The second kappa shape index (κ2) is 7.27. The third-order valence-corrected chi connectivity index (χ3v) is 6.06. The van der Waals surface area contributed by atoms with Crippen molar-refractivity contribution >= 4 is 44.4 Å². The topological polar surface area (TPSA) is 94.2 Å². The molecule has 0 aliphatic carbocycles. The summed E-state index contributed by atoms with van der Waals surface area (Å²) in [6, 6.07) is 15.6. The van der Waals surface area contributed by atoms with E-state index < -0.39 is 5.60 Å². The molecule has 7 nitrogen and oxygen atoms in total. The van der Waals surface area contributed by atoms with E-state index in [-0.39, 0.29) is 5.91 Å². The number of carbonyl (C=O) groups is 1. The van der Waals surface area contributed by atoms with Gasteiger partial charge in [0.2, 0.25) is 0 Å². The van der Waals surface area contributed by atoms with Crippen LogP contribution in [0.5, 0.6) is 5.75 Å². The highest BCUT2D eigenvalue weighted by Gasteiger charge is 2.39. The Morgan fingerprint density at radius 2 is 1.88 bits per heavy atom. The molecule has 4 aromatic rings. The standard InChI is InChI=1S/C24H20BrN5O2/c1-24(2)23(31)30(3)18-8-7-14(10-19(18)32-24)17-11-16(13-5-4-6-15(25)9-13)20-21(26)27-12-28-22(20)29-17/h4-12H,1-3H3,(H2,26,27,28,29). The molecule has 1 aliphatic heterocycles. The molecular formula is C24H20BrN5O2. The Bertz CT molecular complexity index is 1400. The number of halogens is 1. The highest BCUT2D eigenvalue weighted by atomic mass is 79.9. The highest BCUT2D eigenvalue weighted by molar-refractivity contribution is 9.10. The lowest BCUT2D eigenvalue weighted by atomic mass is 9.98. The van der Waals surface area contributed by atoms with Crippen LogP contribution in [0.15, 0.2) is 59.3 Å². The van der Waals surface area contributed by atoms with Crippen LogP contribution in [0.4, 0.5) is 11.5 Å². The van der Waals surface area contributed by atoms with Crippen molar-refractivity contribution in [3.8, 4) is 28.1 Å². The minimum absolute atomic E-state index is 0.0919. The number of hydrogen-bond acceptors (Lipinski definition) is 6. The van der Waals surface area contributed by atoms with E-state index in [2.05, 4.69) is 25.9 Å². The summed E-state index contributed by atoms with van der Waals surface area (Å²) in [5.74, 6) is 0.910. The molecule has 0 fully saturated rings. The van der Waals surface area contributed by atoms with Crippen molar-refractivity contribution in [1.29, 1.82) is 0 Å². The number of ether oxygens (including phenoxy) is 1. The number of amides is 1. The molecule has 0 radical (unpaired) electrons. The molecule has 8 heteroatoms. The van der Waals surface area contributed by atoms with Gasteiger partial charge in [-0.3, -0.25) is 4.79 Å². The number of benzene rings is 2. The largest absolute Gasteiger partial charge is 0.476 e. The fraction of sp³-hybridized carbons (Fsp3) is 0.167. The monoisotopic (exact) mass is 489 g/mol. The number of hydrogen-bond donors (Lipinski definition) is 1. The van der Waals surface area contributed by atoms with E-state index in [0.717, 1.165) is 26.9 Å². The number of aromatic nitrogens is 3. The molecule has 1 amide bonds. The Kier molecular flexibility index (Phi) is 4.63. The average molecular weight is 490 g/mol. The Hall–Kier alpha value is -3.52. The molecule has 0 saturated carbocycles. The molecule has 0 spiro atoms. The number of nitrogen functional groups attached to an aromatic ring is 1. The van der Waals surface area contributed by atoms with Crippen LogP contribution in [0, 0.1) is 0 Å². The first-order valence-electron chi connectivity index (χ1n) is 10.0. The molecule has 3 heterocycles. The van der Waals surface area contributed by atoms with Gasteiger partial charge in [0, 0.05) is 17.1 Å². The first kappa shape index (κ1) is 20.4. The third-order valence-electron chi connectivity index (χ3n) is 5.57. The second-order valence-corrected chi connectivity index (χ2v) is 9.10. The first-order chi connectivity index (χ1) is 15.2. The zero-order chi connectivity index (χ0) is 22.6. The number of nitrogens with zero attached hydrogens (tertiary/aromatic N) is 4. The SMILES string of the molecule is CN1C(=O)C(C)(C)Oc2cc(-c3cc(-c4cccc(Br)c4)c4c(N)ncnc4n3)ccc21. The van der Waals surface area contributed by atoms with Crippen molar-refractivity contribution < 1.29 is 9.53 Å². The Morgan fingerprint density at radius 3 is 2.66 bits per heavy atom. The molecular weight excluding hydrogens is 470 g/mol. The molecule has 2 aromatic heterocycles. The van der Waals surface area contributed by atoms with Crippen LogP contribution in [0.1, 0.15) is 13.8 Å². The van der Waals surface area contributed by atoms with Gasteiger partial charge in [-0.2, -0.15) is 0 Å². The van der Waals surface area contributed by atoms with E-state index >= 15 is 0 Å². The maximum absolute atomic E-state index is 12.5. The van der Waals surface area contributed by atoms with Gasteiger partial charge in [-0.05, 0) is 55.3 Å². The number of likely N-dealkylation sites (N-methyl/N-ethyl adjacent to an activating group) is 1. The lowest BCUT2D eigenvalue weighted by molar-refractivity contribution is -0.132. The van der Waals surface area contributed by atoms with Gasteiger partial charge in [0.15, 0.2) is 11.2 Å². The van der Waals surface area contributed by atoms with Gasteiger partial charge in [-0.15, -0.1) is 0 Å².